The number of thiophene rings is 1. The highest BCUT2D eigenvalue weighted by Crippen LogP contribution is 2.11. The van der Waals surface area contributed by atoms with Gasteiger partial charge in [-0.2, -0.15) is 0 Å². The molecule has 2 rings (SSSR count). The first kappa shape index (κ1) is 22.0. The summed E-state index contributed by atoms with van der Waals surface area (Å²) in [6.45, 7) is 9.88. The smallest absolute Gasteiger partial charge is 0.253 e. The summed E-state index contributed by atoms with van der Waals surface area (Å²) in [6.07, 6.45) is 1.01. The van der Waals surface area contributed by atoms with Gasteiger partial charge in [-0.05, 0) is 56.3 Å². The number of aliphatic imine (C=N–C) groups is 1. The predicted molar refractivity (Wildman–Crippen MR) is 119 cm³/mol. The molecule has 2 aromatic rings. The number of likely N-dealkylation sites (N-methyl/N-ethyl adjacent to an activating group) is 1. The molecule has 28 heavy (non-hydrogen) atoms. The maximum atomic E-state index is 12.4. The van der Waals surface area contributed by atoms with Crippen molar-refractivity contribution in [2.24, 2.45) is 4.99 Å². The van der Waals surface area contributed by atoms with Crippen LogP contribution in [0.25, 0.3) is 0 Å². The number of nitrogens with zero attached hydrogens (tertiary/aromatic N) is 3. The summed E-state index contributed by atoms with van der Waals surface area (Å²) >= 11 is 1.79. The van der Waals surface area contributed by atoms with Gasteiger partial charge in [0.05, 0.1) is 6.54 Å². The number of nitrogens with one attached hydrogen (secondary N) is 1. The van der Waals surface area contributed by atoms with Crippen LogP contribution in [0.15, 0.2) is 46.8 Å². The molecule has 1 aromatic carbocycles. The Balaban J connectivity index is 1.98. The number of hydrogen-bond acceptors (Lipinski definition) is 3. The zero-order valence-corrected chi connectivity index (χ0v) is 18.3. The van der Waals surface area contributed by atoms with E-state index in [1.165, 1.54) is 4.88 Å². The number of carbonyl (C=O) groups excluding carboxylic acids is 1. The van der Waals surface area contributed by atoms with Gasteiger partial charge in [0.25, 0.3) is 5.91 Å². The maximum Gasteiger partial charge on any atom is 0.253 e. The third kappa shape index (κ3) is 6.37. The molecule has 6 heteroatoms. The Hall–Kier alpha value is -2.34. The Kier molecular flexibility index (Phi) is 9.01. The Morgan fingerprint density at radius 1 is 1.11 bits per heavy atom. The third-order valence-corrected chi connectivity index (χ3v) is 5.57. The van der Waals surface area contributed by atoms with E-state index in [0.29, 0.717) is 6.54 Å². The van der Waals surface area contributed by atoms with Crippen molar-refractivity contribution in [2.75, 3.05) is 33.2 Å². The molecule has 0 radical (unpaired) electrons. The predicted octanol–water partition coefficient (Wildman–Crippen LogP) is 3.87. The third-order valence-electron chi connectivity index (χ3n) is 4.63. The van der Waals surface area contributed by atoms with Crippen LogP contribution in [-0.2, 0) is 13.0 Å². The summed E-state index contributed by atoms with van der Waals surface area (Å²) in [4.78, 5) is 22.6. The van der Waals surface area contributed by atoms with E-state index in [2.05, 4.69) is 41.7 Å². The lowest BCUT2D eigenvalue weighted by Gasteiger charge is -2.22. The number of hydrogen-bond donors (Lipinski definition) is 1. The minimum absolute atomic E-state index is 0.0849. The number of benzene rings is 1. The van der Waals surface area contributed by atoms with Crippen LogP contribution in [0.4, 0.5) is 0 Å². The number of amides is 1. The Bertz CT molecular complexity index is 736. The molecule has 0 spiro atoms. The van der Waals surface area contributed by atoms with Gasteiger partial charge in [-0.1, -0.05) is 18.2 Å². The average molecular weight is 401 g/mol. The van der Waals surface area contributed by atoms with Gasteiger partial charge < -0.3 is 15.1 Å². The van der Waals surface area contributed by atoms with Gasteiger partial charge in [0.15, 0.2) is 5.96 Å². The molecule has 0 saturated heterocycles. The second kappa shape index (κ2) is 11.5. The molecule has 0 bridgehead atoms. The molecule has 152 valence electrons. The highest BCUT2D eigenvalue weighted by molar-refractivity contribution is 7.09. The van der Waals surface area contributed by atoms with E-state index in [4.69, 9.17) is 4.99 Å². The van der Waals surface area contributed by atoms with E-state index >= 15 is 0 Å². The zero-order valence-electron chi connectivity index (χ0n) is 17.4. The summed E-state index contributed by atoms with van der Waals surface area (Å²) in [5, 5.41) is 5.48. The van der Waals surface area contributed by atoms with Crippen LogP contribution in [0.2, 0.25) is 0 Å². The van der Waals surface area contributed by atoms with Crippen molar-refractivity contribution < 1.29 is 4.79 Å². The largest absolute Gasteiger partial charge is 0.357 e. The van der Waals surface area contributed by atoms with Gasteiger partial charge in [-0.3, -0.25) is 4.79 Å². The highest BCUT2D eigenvalue weighted by Gasteiger charge is 2.12. The first-order valence-electron chi connectivity index (χ1n) is 9.99. The molecule has 1 heterocycles. The lowest BCUT2D eigenvalue weighted by molar-refractivity contribution is 0.0773. The molecule has 0 aliphatic carbocycles. The fourth-order valence-corrected chi connectivity index (χ4v) is 3.62. The number of guanidine groups is 1. The van der Waals surface area contributed by atoms with Crippen molar-refractivity contribution in [3.05, 3.63) is 57.8 Å². The fraction of sp³-hybridized carbons (Fsp3) is 0.455. The standard InChI is InChI=1S/C22H32N4OS/c1-5-23-22(25(4)15-14-20-9-8-16-28-20)24-17-18-10-12-19(13-11-18)21(27)26(6-2)7-3/h8-13,16H,5-7,14-15,17H2,1-4H3,(H,23,24). The first-order valence-corrected chi connectivity index (χ1v) is 10.9. The van der Waals surface area contributed by atoms with Crippen molar-refractivity contribution in [3.8, 4) is 0 Å². The van der Waals surface area contributed by atoms with Crippen LogP contribution >= 0.6 is 11.3 Å². The monoisotopic (exact) mass is 400 g/mol. The van der Waals surface area contributed by atoms with Crippen LogP contribution in [0.5, 0.6) is 0 Å². The lowest BCUT2D eigenvalue weighted by Crippen LogP contribution is -2.39. The van der Waals surface area contributed by atoms with Crippen LogP contribution in [0, 0.1) is 0 Å². The lowest BCUT2D eigenvalue weighted by atomic mass is 10.1. The number of carbonyl (C=O) groups is 1. The van der Waals surface area contributed by atoms with Crippen LogP contribution in [0.3, 0.4) is 0 Å². The van der Waals surface area contributed by atoms with E-state index in [0.717, 1.165) is 49.7 Å². The minimum atomic E-state index is 0.0849. The van der Waals surface area contributed by atoms with Gasteiger partial charge in [-0.15, -0.1) is 11.3 Å². The molecule has 1 aromatic heterocycles. The van der Waals surface area contributed by atoms with E-state index in [1.807, 2.05) is 43.0 Å². The van der Waals surface area contributed by atoms with Crippen molar-refractivity contribution in [3.63, 3.8) is 0 Å². The Labute approximate surface area is 173 Å². The molecule has 0 unspecified atom stereocenters. The molecule has 0 atom stereocenters. The summed E-state index contributed by atoms with van der Waals surface area (Å²) < 4.78 is 0. The Morgan fingerprint density at radius 3 is 2.39 bits per heavy atom. The van der Waals surface area contributed by atoms with Gasteiger partial charge in [0.1, 0.15) is 0 Å². The zero-order chi connectivity index (χ0) is 20.4. The molecule has 5 nitrogen and oxygen atoms in total. The van der Waals surface area contributed by atoms with Gasteiger partial charge >= 0.3 is 0 Å². The molecule has 1 N–H and O–H groups in total. The number of rotatable bonds is 9. The highest BCUT2D eigenvalue weighted by atomic mass is 32.1. The molecule has 0 aliphatic heterocycles. The fourth-order valence-electron chi connectivity index (χ4n) is 2.92. The summed E-state index contributed by atoms with van der Waals surface area (Å²) in [5.74, 6) is 0.990. The van der Waals surface area contributed by atoms with Crippen molar-refractivity contribution >= 4 is 23.2 Å². The van der Waals surface area contributed by atoms with Gasteiger partial charge in [0.2, 0.25) is 0 Å². The summed E-state index contributed by atoms with van der Waals surface area (Å²) in [5.41, 5.74) is 1.83. The van der Waals surface area contributed by atoms with Crippen molar-refractivity contribution in [1.29, 1.82) is 0 Å². The van der Waals surface area contributed by atoms with Crippen LogP contribution in [0.1, 0.15) is 41.6 Å². The molecular weight excluding hydrogens is 368 g/mol. The van der Waals surface area contributed by atoms with E-state index in [9.17, 15) is 4.79 Å². The minimum Gasteiger partial charge on any atom is -0.357 e. The van der Waals surface area contributed by atoms with E-state index in [1.54, 1.807) is 11.3 Å². The molecule has 1 amide bonds. The van der Waals surface area contributed by atoms with E-state index < -0.39 is 0 Å². The maximum absolute atomic E-state index is 12.4. The van der Waals surface area contributed by atoms with E-state index in [-0.39, 0.29) is 5.91 Å². The second-order valence-corrected chi connectivity index (χ2v) is 7.63. The quantitative estimate of drug-likeness (QED) is 0.513. The van der Waals surface area contributed by atoms with Crippen LogP contribution in [-0.4, -0.2) is 54.9 Å². The topological polar surface area (TPSA) is 47.9 Å². The molecular formula is C22H32N4OS. The SMILES string of the molecule is CCNC(=NCc1ccc(C(=O)N(CC)CC)cc1)N(C)CCc1cccs1. The first-order chi connectivity index (χ1) is 13.6. The normalized spacial score (nSPS) is 11.4. The molecule has 0 fully saturated rings. The van der Waals surface area contributed by atoms with Crippen LogP contribution < -0.4 is 5.32 Å². The second-order valence-electron chi connectivity index (χ2n) is 6.60. The Morgan fingerprint density at radius 2 is 1.82 bits per heavy atom. The average Bonchev–Trinajstić information content (AvgIpc) is 3.24. The molecule has 0 aliphatic rings. The van der Waals surface area contributed by atoms with Gasteiger partial charge in [0, 0.05) is 43.7 Å². The summed E-state index contributed by atoms with van der Waals surface area (Å²) in [6, 6.07) is 12.1. The summed E-state index contributed by atoms with van der Waals surface area (Å²) in [7, 11) is 2.07. The molecule has 0 saturated carbocycles. The van der Waals surface area contributed by atoms with Crippen molar-refractivity contribution in [1.82, 2.24) is 15.1 Å². The van der Waals surface area contributed by atoms with Crippen molar-refractivity contribution in [2.45, 2.75) is 33.7 Å². The van der Waals surface area contributed by atoms with Gasteiger partial charge in [-0.25, -0.2) is 4.99 Å².